The molecule has 21 heavy (non-hydrogen) atoms. The third kappa shape index (κ3) is 3.04. The van der Waals surface area contributed by atoms with E-state index in [1.54, 1.807) is 0 Å². The Morgan fingerprint density at radius 3 is 2.86 bits per heavy atom. The lowest BCUT2D eigenvalue weighted by Gasteiger charge is -2.41. The van der Waals surface area contributed by atoms with Crippen molar-refractivity contribution in [2.75, 3.05) is 13.2 Å². The largest absolute Gasteiger partial charge is 1.00 e. The van der Waals surface area contributed by atoms with Crippen LogP contribution in [0.4, 0.5) is 0 Å². The number of quaternary nitrogens is 1. The smallest absolute Gasteiger partial charge is 0.279 e. The summed E-state index contributed by atoms with van der Waals surface area (Å²) in [4.78, 5) is 13.8. The first-order chi connectivity index (χ1) is 9.45. The van der Waals surface area contributed by atoms with Crippen LogP contribution in [0.25, 0.3) is 0 Å². The van der Waals surface area contributed by atoms with Crippen molar-refractivity contribution in [1.82, 2.24) is 4.90 Å². The number of halogens is 1. The zero-order valence-corrected chi connectivity index (χ0v) is 13.0. The molecule has 3 aliphatic rings. The number of nitrogens with zero attached hydrogens (tertiary/aromatic N) is 4. The fourth-order valence-corrected chi connectivity index (χ4v) is 2.44. The van der Waals surface area contributed by atoms with E-state index in [1.807, 2.05) is 44.0 Å². The van der Waals surface area contributed by atoms with Gasteiger partial charge < -0.3 is 22.0 Å². The molecule has 2 unspecified atom stereocenters. The van der Waals surface area contributed by atoms with Crippen molar-refractivity contribution in [1.29, 1.82) is 0 Å². The summed E-state index contributed by atoms with van der Waals surface area (Å²) >= 11 is 0. The molecule has 0 saturated carbocycles. The van der Waals surface area contributed by atoms with E-state index in [9.17, 15) is 4.79 Å². The van der Waals surface area contributed by atoms with E-state index < -0.39 is 0 Å². The second-order valence-electron chi connectivity index (χ2n) is 6.01. The van der Waals surface area contributed by atoms with Gasteiger partial charge in [-0.2, -0.15) is 0 Å². The lowest BCUT2D eigenvalue weighted by molar-refractivity contribution is -0.755. The Morgan fingerprint density at radius 1 is 1.38 bits per heavy atom. The molecule has 3 heterocycles. The Labute approximate surface area is 129 Å². The Bertz CT molecular complexity index is 561. The molecule has 0 bridgehead atoms. The number of hydrogen-bond acceptors (Lipinski definition) is 5. The molecule has 1 amide bonds. The summed E-state index contributed by atoms with van der Waals surface area (Å²) in [6, 6.07) is 0. The molecule has 3 aliphatic heterocycles. The summed E-state index contributed by atoms with van der Waals surface area (Å²) in [6.45, 7) is 6.76. The predicted molar refractivity (Wildman–Crippen MR) is 71.7 cm³/mol. The first-order valence-electron chi connectivity index (χ1n) is 6.63. The molecule has 2 atom stereocenters. The highest BCUT2D eigenvalue weighted by Gasteiger charge is 2.36. The SMILES string of the molecule is CC(C)(C)N1CC(C2=C[NH+]3N=NN=C3C=C2)OCC1=O.[Cl-]. The van der Waals surface area contributed by atoms with Gasteiger partial charge in [0.25, 0.3) is 5.84 Å². The third-order valence-electron chi connectivity index (χ3n) is 3.54. The van der Waals surface area contributed by atoms with E-state index in [-0.39, 0.29) is 36.6 Å². The van der Waals surface area contributed by atoms with E-state index in [4.69, 9.17) is 4.74 Å². The molecule has 8 heteroatoms. The van der Waals surface area contributed by atoms with Crippen molar-refractivity contribution < 1.29 is 26.9 Å². The van der Waals surface area contributed by atoms with Gasteiger partial charge >= 0.3 is 0 Å². The summed E-state index contributed by atoms with van der Waals surface area (Å²) < 4.78 is 5.67. The van der Waals surface area contributed by atoms with Gasteiger partial charge in [-0.25, -0.2) is 0 Å². The Morgan fingerprint density at radius 2 is 2.14 bits per heavy atom. The fourth-order valence-electron chi connectivity index (χ4n) is 2.44. The minimum absolute atomic E-state index is 0. The number of morpholine rings is 1. The lowest BCUT2D eigenvalue weighted by Crippen LogP contribution is -3.04. The van der Waals surface area contributed by atoms with E-state index in [0.717, 1.165) is 16.4 Å². The molecule has 1 saturated heterocycles. The van der Waals surface area contributed by atoms with Gasteiger partial charge in [-0.05, 0) is 26.8 Å². The number of carbonyl (C=O) groups excluding carboxylic acids is 1. The highest BCUT2D eigenvalue weighted by atomic mass is 35.5. The number of amidine groups is 1. The van der Waals surface area contributed by atoms with Gasteiger partial charge in [0.05, 0.1) is 11.8 Å². The van der Waals surface area contributed by atoms with Crippen LogP contribution < -0.4 is 17.4 Å². The molecule has 0 spiro atoms. The average molecular weight is 312 g/mol. The van der Waals surface area contributed by atoms with Crippen LogP contribution in [0.3, 0.4) is 0 Å². The molecule has 0 aromatic heterocycles. The minimum atomic E-state index is -0.203. The Hall–Kier alpha value is -1.57. The monoisotopic (exact) mass is 311 g/mol. The Kier molecular flexibility index (Phi) is 4.27. The van der Waals surface area contributed by atoms with Gasteiger partial charge in [-0.1, -0.05) is 5.10 Å². The number of hydrogen-bond donors (Lipinski definition) is 1. The van der Waals surface area contributed by atoms with E-state index in [2.05, 4.69) is 15.5 Å². The van der Waals surface area contributed by atoms with Gasteiger partial charge in [-0.3, -0.25) is 4.79 Å². The first kappa shape index (κ1) is 15.8. The Balaban J connectivity index is 0.00000161. The zero-order chi connectivity index (χ0) is 14.3. The fraction of sp³-hybridized carbons (Fsp3) is 0.538. The van der Waals surface area contributed by atoms with Crippen molar-refractivity contribution in [3.8, 4) is 0 Å². The van der Waals surface area contributed by atoms with Gasteiger partial charge in [0, 0.05) is 22.4 Å². The van der Waals surface area contributed by atoms with Crippen LogP contribution in [-0.2, 0) is 9.53 Å². The third-order valence-corrected chi connectivity index (χ3v) is 3.54. The van der Waals surface area contributed by atoms with Crippen LogP contribution in [0.2, 0.25) is 0 Å². The molecular weight excluding hydrogens is 294 g/mol. The number of nitrogens with one attached hydrogen (secondary N) is 1. The number of ether oxygens (including phenoxy) is 1. The molecule has 0 radical (unpaired) electrons. The maximum atomic E-state index is 12.0. The summed E-state index contributed by atoms with van der Waals surface area (Å²) in [6.07, 6.45) is 5.63. The van der Waals surface area contributed by atoms with Gasteiger partial charge in [-0.15, -0.1) is 5.01 Å². The molecule has 0 aliphatic carbocycles. The second kappa shape index (κ2) is 5.67. The van der Waals surface area contributed by atoms with Gasteiger partial charge in [0.2, 0.25) is 5.91 Å². The molecule has 1 fully saturated rings. The normalized spacial score (nSPS) is 28.0. The molecule has 7 nitrogen and oxygen atoms in total. The highest BCUT2D eigenvalue weighted by Crippen LogP contribution is 2.22. The van der Waals surface area contributed by atoms with Crippen LogP contribution in [0.15, 0.2) is 39.5 Å². The summed E-state index contributed by atoms with van der Waals surface area (Å²) in [5, 5.41) is 12.3. The van der Waals surface area contributed by atoms with E-state index in [0.29, 0.717) is 6.54 Å². The zero-order valence-electron chi connectivity index (χ0n) is 12.2. The summed E-state index contributed by atoms with van der Waals surface area (Å²) in [7, 11) is 0. The van der Waals surface area contributed by atoms with E-state index >= 15 is 0 Å². The lowest BCUT2D eigenvalue weighted by atomic mass is 10.0. The predicted octanol–water partition coefficient (Wildman–Crippen LogP) is -2.95. The number of rotatable bonds is 1. The van der Waals surface area contributed by atoms with Crippen molar-refractivity contribution in [3.63, 3.8) is 0 Å². The van der Waals surface area contributed by atoms with Gasteiger partial charge in [0.1, 0.15) is 18.9 Å². The average Bonchev–Trinajstić information content (AvgIpc) is 2.85. The maximum absolute atomic E-state index is 12.0. The summed E-state index contributed by atoms with van der Waals surface area (Å²) in [5.41, 5.74) is 0.798. The van der Waals surface area contributed by atoms with Crippen LogP contribution in [0.1, 0.15) is 20.8 Å². The minimum Gasteiger partial charge on any atom is -1.00 e. The van der Waals surface area contributed by atoms with Crippen molar-refractivity contribution in [3.05, 3.63) is 23.9 Å². The molecule has 0 aromatic carbocycles. The highest BCUT2D eigenvalue weighted by molar-refractivity contribution is 5.87. The van der Waals surface area contributed by atoms with Crippen molar-refractivity contribution in [2.45, 2.75) is 32.4 Å². The molecule has 0 aromatic rings. The standard InChI is InChI=1S/C13H17N5O2.ClH/c1-13(2,3)17-7-10(20-8-12(17)19)9-4-5-11-14-15-16-18(11)6-9;/h4-6,10H,7-8H2,1-3H3;1H. The van der Waals surface area contributed by atoms with E-state index in [1.165, 1.54) is 0 Å². The summed E-state index contributed by atoms with van der Waals surface area (Å²) in [5.74, 6) is 0.804. The van der Waals surface area contributed by atoms with Crippen LogP contribution in [0, 0.1) is 0 Å². The molecule has 114 valence electrons. The topological polar surface area (TPSA) is 71.1 Å². The van der Waals surface area contributed by atoms with Crippen molar-refractivity contribution >= 4 is 11.7 Å². The molecular formula is C13H18ClN5O2. The quantitative estimate of drug-likeness (QED) is 0.562. The van der Waals surface area contributed by atoms with Crippen LogP contribution >= 0.6 is 0 Å². The number of amides is 1. The number of carbonyl (C=O) groups is 1. The molecule has 3 rings (SSSR count). The first-order valence-corrected chi connectivity index (χ1v) is 6.63. The van der Waals surface area contributed by atoms with Gasteiger partial charge in [0.15, 0.2) is 0 Å². The number of fused-ring (bicyclic) bond motifs is 1. The second-order valence-corrected chi connectivity index (χ2v) is 6.01. The van der Waals surface area contributed by atoms with Crippen LogP contribution in [0.5, 0.6) is 0 Å². The maximum Gasteiger partial charge on any atom is 0.279 e. The van der Waals surface area contributed by atoms with Crippen LogP contribution in [-0.4, -0.2) is 41.4 Å². The molecule has 1 N–H and O–H groups in total. The van der Waals surface area contributed by atoms with Crippen molar-refractivity contribution in [2.24, 2.45) is 15.5 Å².